The molecule has 0 unspecified atom stereocenters. The van der Waals surface area contributed by atoms with Crippen LogP contribution in [0.3, 0.4) is 0 Å². The van der Waals surface area contributed by atoms with Crippen molar-refractivity contribution in [2.24, 2.45) is 5.41 Å². The summed E-state index contributed by atoms with van der Waals surface area (Å²) in [4.78, 5) is 0. The number of hydrogen-bond donors (Lipinski definition) is 0. The van der Waals surface area contributed by atoms with Gasteiger partial charge >= 0.3 is 0 Å². The molecule has 136 valence electrons. The van der Waals surface area contributed by atoms with Gasteiger partial charge < -0.3 is 4.74 Å². The standard InChI is InChI=1S/C20H26BrFN2O/c1-3-4-12-25-14-20(10-5-11-20)13-24-19(18(21)15(2)23-24)16-6-8-17(22)9-7-16/h6-9H,3-5,10-14H2,1-2H3. The third kappa shape index (κ3) is 4.14. The molecule has 1 aromatic heterocycles. The molecule has 1 fully saturated rings. The lowest BCUT2D eigenvalue weighted by Crippen LogP contribution is -2.39. The first kappa shape index (κ1) is 18.6. The summed E-state index contributed by atoms with van der Waals surface area (Å²) in [5.41, 5.74) is 3.15. The molecule has 0 saturated heterocycles. The van der Waals surface area contributed by atoms with E-state index < -0.39 is 0 Å². The topological polar surface area (TPSA) is 27.1 Å². The third-order valence-electron chi connectivity index (χ3n) is 5.12. The van der Waals surface area contributed by atoms with E-state index in [0.29, 0.717) is 0 Å². The van der Waals surface area contributed by atoms with Gasteiger partial charge in [0.1, 0.15) is 5.82 Å². The lowest BCUT2D eigenvalue weighted by molar-refractivity contribution is -0.0206. The largest absolute Gasteiger partial charge is 0.381 e. The Morgan fingerprint density at radius 3 is 2.60 bits per heavy atom. The molecule has 1 aromatic carbocycles. The summed E-state index contributed by atoms with van der Waals surface area (Å²) in [6.07, 6.45) is 5.89. The highest BCUT2D eigenvalue weighted by atomic mass is 79.9. The summed E-state index contributed by atoms with van der Waals surface area (Å²) in [5.74, 6) is -0.220. The number of rotatable bonds is 8. The molecule has 1 aliphatic rings. The highest BCUT2D eigenvalue weighted by molar-refractivity contribution is 9.10. The highest BCUT2D eigenvalue weighted by Gasteiger charge is 2.38. The average Bonchev–Trinajstić information content (AvgIpc) is 2.84. The predicted octanol–water partition coefficient (Wildman–Crippen LogP) is 5.75. The maximum Gasteiger partial charge on any atom is 0.123 e. The maximum absolute atomic E-state index is 13.3. The van der Waals surface area contributed by atoms with Gasteiger partial charge in [-0.25, -0.2) is 4.39 Å². The molecule has 0 radical (unpaired) electrons. The SMILES string of the molecule is CCCCOCC1(Cn2nc(C)c(Br)c2-c2ccc(F)cc2)CCC1. The Bertz CT molecular complexity index is 707. The van der Waals surface area contributed by atoms with E-state index in [1.165, 1.54) is 31.4 Å². The summed E-state index contributed by atoms with van der Waals surface area (Å²) < 4.78 is 22.3. The fourth-order valence-corrected chi connectivity index (χ4v) is 3.95. The van der Waals surface area contributed by atoms with E-state index in [1.54, 1.807) is 0 Å². The number of benzene rings is 1. The van der Waals surface area contributed by atoms with Crippen molar-refractivity contribution in [1.82, 2.24) is 9.78 Å². The van der Waals surface area contributed by atoms with Gasteiger partial charge in [0.2, 0.25) is 0 Å². The Kier molecular flexibility index (Phi) is 5.95. The van der Waals surface area contributed by atoms with Gasteiger partial charge in [0.25, 0.3) is 0 Å². The number of nitrogens with zero attached hydrogens (tertiary/aromatic N) is 2. The Morgan fingerprint density at radius 2 is 2.00 bits per heavy atom. The van der Waals surface area contributed by atoms with Crippen LogP contribution in [0.4, 0.5) is 4.39 Å². The molecule has 2 aromatic rings. The molecule has 0 aliphatic heterocycles. The molecule has 25 heavy (non-hydrogen) atoms. The Labute approximate surface area is 157 Å². The predicted molar refractivity (Wildman–Crippen MR) is 102 cm³/mol. The van der Waals surface area contributed by atoms with Gasteiger partial charge in [0.15, 0.2) is 0 Å². The van der Waals surface area contributed by atoms with Gasteiger partial charge in [-0.05, 0) is 66.4 Å². The van der Waals surface area contributed by atoms with Crippen molar-refractivity contribution in [3.8, 4) is 11.3 Å². The van der Waals surface area contributed by atoms with Crippen LogP contribution in [0, 0.1) is 18.2 Å². The van der Waals surface area contributed by atoms with Crippen LogP contribution in [0.5, 0.6) is 0 Å². The molecule has 0 atom stereocenters. The molecule has 0 bridgehead atoms. The third-order valence-corrected chi connectivity index (χ3v) is 6.07. The van der Waals surface area contributed by atoms with Crippen LogP contribution in [0.15, 0.2) is 28.7 Å². The van der Waals surface area contributed by atoms with Crippen molar-refractivity contribution in [1.29, 1.82) is 0 Å². The molecular weight excluding hydrogens is 383 g/mol. The Morgan fingerprint density at radius 1 is 1.28 bits per heavy atom. The second kappa shape index (κ2) is 8.00. The minimum absolute atomic E-state index is 0.181. The number of hydrogen-bond acceptors (Lipinski definition) is 2. The zero-order chi connectivity index (χ0) is 17.9. The summed E-state index contributed by atoms with van der Waals surface area (Å²) in [7, 11) is 0. The minimum Gasteiger partial charge on any atom is -0.381 e. The van der Waals surface area contributed by atoms with Crippen LogP contribution in [0.25, 0.3) is 11.3 Å². The molecule has 5 heteroatoms. The average molecular weight is 409 g/mol. The summed E-state index contributed by atoms with van der Waals surface area (Å²) in [6.45, 7) is 6.66. The van der Waals surface area contributed by atoms with Crippen molar-refractivity contribution >= 4 is 15.9 Å². The quantitative estimate of drug-likeness (QED) is 0.520. The molecule has 1 aliphatic carbocycles. The van der Waals surface area contributed by atoms with Crippen LogP contribution in [-0.4, -0.2) is 23.0 Å². The van der Waals surface area contributed by atoms with Gasteiger partial charge in [-0.3, -0.25) is 4.68 Å². The first-order chi connectivity index (χ1) is 12.0. The lowest BCUT2D eigenvalue weighted by atomic mass is 9.69. The zero-order valence-electron chi connectivity index (χ0n) is 15.0. The highest BCUT2D eigenvalue weighted by Crippen LogP contribution is 2.44. The summed E-state index contributed by atoms with van der Waals surface area (Å²) in [5, 5.41) is 4.74. The lowest BCUT2D eigenvalue weighted by Gasteiger charge is -2.41. The summed E-state index contributed by atoms with van der Waals surface area (Å²) >= 11 is 3.67. The van der Waals surface area contributed by atoms with Gasteiger partial charge in [0.05, 0.1) is 22.5 Å². The van der Waals surface area contributed by atoms with Crippen molar-refractivity contribution in [2.75, 3.05) is 13.2 Å². The van der Waals surface area contributed by atoms with E-state index >= 15 is 0 Å². The number of aryl methyl sites for hydroxylation is 1. The number of halogens is 2. The van der Waals surface area contributed by atoms with Crippen molar-refractivity contribution < 1.29 is 9.13 Å². The van der Waals surface area contributed by atoms with Crippen molar-refractivity contribution in [3.63, 3.8) is 0 Å². The molecule has 1 heterocycles. The molecule has 1 saturated carbocycles. The maximum atomic E-state index is 13.3. The van der Waals surface area contributed by atoms with Crippen LogP contribution in [0.1, 0.15) is 44.7 Å². The molecule has 0 amide bonds. The molecule has 3 nitrogen and oxygen atoms in total. The Balaban J connectivity index is 1.82. The first-order valence-corrected chi connectivity index (χ1v) is 9.90. The summed E-state index contributed by atoms with van der Waals surface area (Å²) in [6, 6.07) is 6.64. The van der Waals surface area contributed by atoms with Crippen LogP contribution in [0.2, 0.25) is 0 Å². The minimum atomic E-state index is -0.220. The number of unbranched alkanes of at least 4 members (excludes halogenated alkanes) is 1. The van der Waals surface area contributed by atoms with Crippen molar-refractivity contribution in [3.05, 3.63) is 40.2 Å². The molecule has 3 rings (SSSR count). The number of ether oxygens (including phenoxy) is 1. The van der Waals surface area contributed by atoms with Gasteiger partial charge in [0, 0.05) is 24.1 Å². The second-order valence-electron chi connectivity index (χ2n) is 7.17. The second-order valence-corrected chi connectivity index (χ2v) is 7.97. The molecule has 0 N–H and O–H groups in total. The zero-order valence-corrected chi connectivity index (χ0v) is 16.6. The van der Waals surface area contributed by atoms with Gasteiger partial charge in [-0.1, -0.05) is 19.8 Å². The van der Waals surface area contributed by atoms with E-state index in [1.807, 2.05) is 19.1 Å². The van der Waals surface area contributed by atoms with Gasteiger partial charge in [-0.15, -0.1) is 0 Å². The van der Waals surface area contributed by atoms with E-state index in [0.717, 1.165) is 54.0 Å². The first-order valence-electron chi connectivity index (χ1n) is 9.11. The fraction of sp³-hybridized carbons (Fsp3) is 0.550. The van der Waals surface area contributed by atoms with Gasteiger partial charge in [-0.2, -0.15) is 5.10 Å². The Hall–Kier alpha value is -1.20. The van der Waals surface area contributed by atoms with Crippen LogP contribution < -0.4 is 0 Å². The van der Waals surface area contributed by atoms with E-state index in [9.17, 15) is 4.39 Å². The van der Waals surface area contributed by atoms with Crippen molar-refractivity contribution in [2.45, 2.75) is 52.5 Å². The fourth-order valence-electron chi connectivity index (χ4n) is 3.44. The smallest absolute Gasteiger partial charge is 0.123 e. The van der Waals surface area contributed by atoms with E-state index in [-0.39, 0.29) is 11.2 Å². The molecule has 0 spiro atoms. The van der Waals surface area contributed by atoms with E-state index in [2.05, 4.69) is 27.5 Å². The van der Waals surface area contributed by atoms with Crippen LogP contribution >= 0.6 is 15.9 Å². The monoisotopic (exact) mass is 408 g/mol. The van der Waals surface area contributed by atoms with E-state index in [4.69, 9.17) is 9.84 Å². The van der Waals surface area contributed by atoms with Crippen LogP contribution in [-0.2, 0) is 11.3 Å². The normalized spacial score (nSPS) is 16.0. The number of aromatic nitrogens is 2. The molecular formula is C20H26BrFN2O.